The van der Waals surface area contributed by atoms with Crippen LogP contribution in [0, 0.1) is 0 Å². The van der Waals surface area contributed by atoms with Crippen molar-refractivity contribution in [3.05, 3.63) is 0 Å². The predicted octanol–water partition coefficient (Wildman–Crippen LogP) is 1.24. The molecule has 0 amide bonds. The Bertz CT molecular complexity index is 114. The number of aliphatic hydroxyl groups is 1. The molecule has 1 rings (SSSR count). The summed E-state index contributed by atoms with van der Waals surface area (Å²) in [6.45, 7) is 6.67. The Morgan fingerprint density at radius 3 is 2.64 bits per heavy atom. The molecule has 0 spiro atoms. The SMILES string of the molecule is CC(C)N1CCC[C@H](O)CC1. The fraction of sp³-hybridized carbons (Fsp3) is 1.00. The molecule has 1 N–H and O–H groups in total. The van der Waals surface area contributed by atoms with Crippen molar-refractivity contribution in [2.24, 2.45) is 0 Å². The van der Waals surface area contributed by atoms with Crippen LogP contribution in [0.5, 0.6) is 0 Å². The summed E-state index contributed by atoms with van der Waals surface area (Å²) in [5.74, 6) is 0. The molecule has 1 atom stereocenters. The van der Waals surface area contributed by atoms with Crippen LogP contribution < -0.4 is 0 Å². The van der Waals surface area contributed by atoms with E-state index in [0.717, 1.165) is 32.4 Å². The van der Waals surface area contributed by atoms with Crippen LogP contribution in [-0.4, -0.2) is 35.2 Å². The zero-order chi connectivity index (χ0) is 8.27. The molecule has 0 aromatic heterocycles. The Morgan fingerprint density at radius 1 is 1.27 bits per heavy atom. The van der Waals surface area contributed by atoms with E-state index in [4.69, 9.17) is 0 Å². The summed E-state index contributed by atoms with van der Waals surface area (Å²) in [6, 6.07) is 0.639. The minimum atomic E-state index is -0.0428. The van der Waals surface area contributed by atoms with Crippen LogP contribution >= 0.6 is 0 Å². The minimum absolute atomic E-state index is 0.0428. The number of hydrogen-bond acceptors (Lipinski definition) is 2. The van der Waals surface area contributed by atoms with Crippen LogP contribution in [0.25, 0.3) is 0 Å². The van der Waals surface area contributed by atoms with E-state index in [1.165, 1.54) is 0 Å². The van der Waals surface area contributed by atoms with Crippen LogP contribution in [-0.2, 0) is 0 Å². The van der Waals surface area contributed by atoms with Crippen molar-refractivity contribution in [1.82, 2.24) is 4.90 Å². The molecule has 1 aliphatic rings. The second kappa shape index (κ2) is 4.07. The van der Waals surface area contributed by atoms with Crippen LogP contribution in [0.2, 0.25) is 0 Å². The number of likely N-dealkylation sites (tertiary alicyclic amines) is 1. The molecule has 0 saturated carbocycles. The third kappa shape index (κ3) is 2.80. The third-order valence-corrected chi connectivity index (χ3v) is 2.46. The van der Waals surface area contributed by atoms with Gasteiger partial charge in [-0.05, 0) is 39.7 Å². The molecule has 0 radical (unpaired) electrons. The highest BCUT2D eigenvalue weighted by Crippen LogP contribution is 2.12. The van der Waals surface area contributed by atoms with Gasteiger partial charge in [0.1, 0.15) is 0 Å². The van der Waals surface area contributed by atoms with E-state index in [1.807, 2.05) is 0 Å². The average molecular weight is 157 g/mol. The molecule has 0 bridgehead atoms. The molecule has 0 aromatic rings. The van der Waals surface area contributed by atoms with E-state index in [1.54, 1.807) is 0 Å². The third-order valence-electron chi connectivity index (χ3n) is 2.46. The van der Waals surface area contributed by atoms with E-state index in [9.17, 15) is 5.11 Å². The number of nitrogens with zero attached hydrogens (tertiary/aromatic N) is 1. The molecule has 1 heterocycles. The van der Waals surface area contributed by atoms with Gasteiger partial charge in [0.05, 0.1) is 6.10 Å². The van der Waals surface area contributed by atoms with Gasteiger partial charge in [-0.1, -0.05) is 0 Å². The summed E-state index contributed by atoms with van der Waals surface area (Å²) in [5.41, 5.74) is 0. The summed E-state index contributed by atoms with van der Waals surface area (Å²) in [6.07, 6.45) is 3.06. The van der Waals surface area contributed by atoms with Gasteiger partial charge < -0.3 is 10.0 Å². The Morgan fingerprint density at radius 2 is 2.00 bits per heavy atom. The lowest BCUT2D eigenvalue weighted by molar-refractivity contribution is 0.151. The van der Waals surface area contributed by atoms with Crippen LogP contribution in [0.4, 0.5) is 0 Å². The molecule has 0 aliphatic carbocycles. The Kier molecular flexibility index (Phi) is 3.34. The van der Waals surface area contributed by atoms with Crippen molar-refractivity contribution in [3.63, 3.8) is 0 Å². The Balaban J connectivity index is 2.34. The molecule has 0 aromatic carbocycles. The maximum Gasteiger partial charge on any atom is 0.0553 e. The lowest BCUT2D eigenvalue weighted by Gasteiger charge is -2.23. The number of rotatable bonds is 1. The zero-order valence-corrected chi connectivity index (χ0v) is 7.58. The summed E-state index contributed by atoms with van der Waals surface area (Å²) >= 11 is 0. The number of hydrogen-bond donors (Lipinski definition) is 1. The molecule has 2 nitrogen and oxygen atoms in total. The van der Waals surface area contributed by atoms with Gasteiger partial charge in [-0.2, -0.15) is 0 Å². The largest absolute Gasteiger partial charge is 0.393 e. The molecule has 11 heavy (non-hydrogen) atoms. The lowest BCUT2D eigenvalue weighted by Crippen LogP contribution is -2.31. The number of aliphatic hydroxyl groups excluding tert-OH is 1. The summed E-state index contributed by atoms with van der Waals surface area (Å²) in [7, 11) is 0. The van der Waals surface area contributed by atoms with Crippen molar-refractivity contribution in [1.29, 1.82) is 0 Å². The highest BCUT2D eigenvalue weighted by atomic mass is 16.3. The molecule has 2 heteroatoms. The Labute approximate surface area is 69.2 Å². The van der Waals surface area contributed by atoms with Crippen molar-refractivity contribution in [2.75, 3.05) is 13.1 Å². The monoisotopic (exact) mass is 157 g/mol. The quantitative estimate of drug-likeness (QED) is 0.619. The smallest absolute Gasteiger partial charge is 0.0553 e. The van der Waals surface area contributed by atoms with Gasteiger partial charge in [-0.3, -0.25) is 0 Å². The molecule has 1 aliphatic heterocycles. The molecule has 1 fully saturated rings. The second-order valence-electron chi connectivity index (χ2n) is 3.71. The highest BCUT2D eigenvalue weighted by Gasteiger charge is 2.16. The first-order chi connectivity index (χ1) is 5.20. The topological polar surface area (TPSA) is 23.5 Å². The Hall–Kier alpha value is -0.0800. The van der Waals surface area contributed by atoms with Crippen LogP contribution in [0.1, 0.15) is 33.1 Å². The molecule has 1 saturated heterocycles. The van der Waals surface area contributed by atoms with Gasteiger partial charge in [-0.15, -0.1) is 0 Å². The first-order valence-electron chi connectivity index (χ1n) is 4.62. The molecular formula is C9H19NO. The van der Waals surface area contributed by atoms with E-state index < -0.39 is 0 Å². The first-order valence-corrected chi connectivity index (χ1v) is 4.62. The maximum absolute atomic E-state index is 9.36. The highest BCUT2D eigenvalue weighted by molar-refractivity contribution is 4.70. The minimum Gasteiger partial charge on any atom is -0.393 e. The van der Waals surface area contributed by atoms with Gasteiger partial charge in [0.15, 0.2) is 0 Å². The van der Waals surface area contributed by atoms with Gasteiger partial charge >= 0.3 is 0 Å². The summed E-state index contributed by atoms with van der Waals surface area (Å²) < 4.78 is 0. The van der Waals surface area contributed by atoms with Crippen molar-refractivity contribution in [3.8, 4) is 0 Å². The van der Waals surface area contributed by atoms with Crippen LogP contribution in [0.3, 0.4) is 0 Å². The normalized spacial score (nSPS) is 28.9. The van der Waals surface area contributed by atoms with E-state index in [0.29, 0.717) is 6.04 Å². The average Bonchev–Trinajstić information content (AvgIpc) is 2.13. The molecule has 0 unspecified atom stereocenters. The zero-order valence-electron chi connectivity index (χ0n) is 7.58. The van der Waals surface area contributed by atoms with E-state index >= 15 is 0 Å². The fourth-order valence-corrected chi connectivity index (χ4v) is 1.62. The van der Waals surface area contributed by atoms with E-state index in [-0.39, 0.29) is 6.10 Å². The first kappa shape index (κ1) is 9.01. The summed E-state index contributed by atoms with van der Waals surface area (Å²) in [5, 5.41) is 9.36. The van der Waals surface area contributed by atoms with Gasteiger partial charge in [0.25, 0.3) is 0 Å². The van der Waals surface area contributed by atoms with Gasteiger partial charge in [-0.25, -0.2) is 0 Å². The fourth-order valence-electron chi connectivity index (χ4n) is 1.62. The second-order valence-corrected chi connectivity index (χ2v) is 3.71. The maximum atomic E-state index is 9.36. The standard InChI is InChI=1S/C9H19NO/c1-8(2)10-6-3-4-9(11)5-7-10/h8-9,11H,3-7H2,1-2H3/t9-/m0/s1. The van der Waals surface area contributed by atoms with Gasteiger partial charge in [0, 0.05) is 12.6 Å². The van der Waals surface area contributed by atoms with Gasteiger partial charge in [0.2, 0.25) is 0 Å². The lowest BCUT2D eigenvalue weighted by atomic mass is 10.2. The predicted molar refractivity (Wildman–Crippen MR) is 46.6 cm³/mol. The van der Waals surface area contributed by atoms with Crippen LogP contribution in [0.15, 0.2) is 0 Å². The van der Waals surface area contributed by atoms with Crippen molar-refractivity contribution >= 4 is 0 Å². The van der Waals surface area contributed by atoms with Crippen molar-refractivity contribution < 1.29 is 5.11 Å². The molecular weight excluding hydrogens is 138 g/mol. The van der Waals surface area contributed by atoms with Crippen molar-refractivity contribution in [2.45, 2.75) is 45.3 Å². The van der Waals surface area contributed by atoms with E-state index in [2.05, 4.69) is 18.7 Å². The summed E-state index contributed by atoms with van der Waals surface area (Å²) in [4.78, 5) is 2.44. The molecule has 66 valence electrons.